The molecule has 0 saturated carbocycles. The molecule has 0 spiro atoms. The van der Waals surface area contributed by atoms with Gasteiger partial charge in [0.15, 0.2) is 11.6 Å². The highest BCUT2D eigenvalue weighted by atomic mass is 35.5. The van der Waals surface area contributed by atoms with Crippen molar-refractivity contribution in [3.05, 3.63) is 58.4 Å². The molecule has 4 heteroatoms. The number of hydrogen-bond donors (Lipinski definition) is 1. The molecule has 0 bridgehead atoms. The minimum atomic E-state index is -0.402. The molecule has 2 rings (SSSR count). The number of benzene rings is 2. The van der Waals surface area contributed by atoms with Gasteiger partial charge < -0.3 is 10.1 Å². The van der Waals surface area contributed by atoms with E-state index in [-0.39, 0.29) is 11.8 Å². The van der Waals surface area contributed by atoms with Gasteiger partial charge in [-0.25, -0.2) is 4.39 Å². The minimum absolute atomic E-state index is 0.0847. The Morgan fingerprint density at radius 2 is 1.85 bits per heavy atom. The van der Waals surface area contributed by atoms with Crippen LogP contribution >= 0.6 is 11.6 Å². The van der Waals surface area contributed by atoms with Gasteiger partial charge in [-0.3, -0.25) is 0 Å². The molecular formula is C16H17ClFNO. The Morgan fingerprint density at radius 1 is 1.15 bits per heavy atom. The summed E-state index contributed by atoms with van der Waals surface area (Å²) in [6.07, 6.45) is 0. The summed E-state index contributed by atoms with van der Waals surface area (Å²) in [5.41, 5.74) is 1.90. The molecular weight excluding hydrogens is 277 g/mol. The largest absolute Gasteiger partial charge is 0.453 e. The van der Waals surface area contributed by atoms with Crippen LogP contribution in [0.15, 0.2) is 36.4 Å². The van der Waals surface area contributed by atoms with Crippen molar-refractivity contribution in [2.45, 2.75) is 19.9 Å². The summed E-state index contributed by atoms with van der Waals surface area (Å²) in [6, 6.07) is 10.4. The van der Waals surface area contributed by atoms with E-state index in [1.54, 1.807) is 18.2 Å². The molecule has 0 saturated heterocycles. The zero-order valence-corrected chi connectivity index (χ0v) is 12.5. The Hall–Kier alpha value is -1.58. The lowest BCUT2D eigenvalue weighted by Crippen LogP contribution is -2.12. The van der Waals surface area contributed by atoms with E-state index < -0.39 is 5.82 Å². The Bertz CT molecular complexity index is 615. The second-order valence-corrected chi connectivity index (χ2v) is 5.14. The summed E-state index contributed by atoms with van der Waals surface area (Å²) in [6.45, 7) is 3.90. The first-order valence-corrected chi connectivity index (χ1v) is 6.79. The lowest BCUT2D eigenvalue weighted by atomic mass is 10.1. The van der Waals surface area contributed by atoms with E-state index in [1.807, 2.05) is 33.0 Å². The number of hydrogen-bond acceptors (Lipinski definition) is 2. The van der Waals surface area contributed by atoms with E-state index in [4.69, 9.17) is 16.3 Å². The maximum absolute atomic E-state index is 14.0. The minimum Gasteiger partial charge on any atom is -0.453 e. The van der Waals surface area contributed by atoms with Crippen LogP contribution < -0.4 is 10.1 Å². The number of rotatable bonds is 4. The highest BCUT2D eigenvalue weighted by Crippen LogP contribution is 2.32. The summed E-state index contributed by atoms with van der Waals surface area (Å²) in [7, 11) is 1.83. The third-order valence-corrected chi connectivity index (χ3v) is 3.49. The van der Waals surface area contributed by atoms with Crippen molar-refractivity contribution >= 4 is 11.6 Å². The molecule has 0 aliphatic carbocycles. The van der Waals surface area contributed by atoms with E-state index in [2.05, 4.69) is 5.32 Å². The van der Waals surface area contributed by atoms with Crippen LogP contribution in [0, 0.1) is 12.7 Å². The van der Waals surface area contributed by atoms with Crippen LogP contribution in [0.5, 0.6) is 11.5 Å². The van der Waals surface area contributed by atoms with E-state index >= 15 is 0 Å². The summed E-state index contributed by atoms with van der Waals surface area (Å²) < 4.78 is 19.6. The standard InChI is InChI=1S/C16H17ClFNO/c1-10-4-6-15(13(17)8-10)20-16-7-5-12(9-14(16)18)11(2)19-3/h4-9,11,19H,1-3H3. The van der Waals surface area contributed by atoms with Crippen LogP contribution in [0.2, 0.25) is 5.02 Å². The second-order valence-electron chi connectivity index (χ2n) is 4.74. The van der Waals surface area contributed by atoms with Gasteiger partial charge in [0, 0.05) is 6.04 Å². The SMILES string of the molecule is CNC(C)c1ccc(Oc2ccc(C)cc2Cl)c(F)c1. The van der Waals surface area contributed by atoms with E-state index in [9.17, 15) is 4.39 Å². The molecule has 0 aliphatic rings. The smallest absolute Gasteiger partial charge is 0.166 e. The zero-order chi connectivity index (χ0) is 14.7. The van der Waals surface area contributed by atoms with Crippen molar-refractivity contribution < 1.29 is 9.13 Å². The van der Waals surface area contributed by atoms with Gasteiger partial charge in [0.05, 0.1) is 5.02 Å². The molecule has 0 radical (unpaired) electrons. The summed E-state index contributed by atoms with van der Waals surface area (Å²) in [4.78, 5) is 0. The summed E-state index contributed by atoms with van der Waals surface area (Å²) >= 11 is 6.08. The van der Waals surface area contributed by atoms with Gasteiger partial charge in [0.2, 0.25) is 0 Å². The van der Waals surface area contributed by atoms with Gasteiger partial charge in [0.25, 0.3) is 0 Å². The van der Waals surface area contributed by atoms with Crippen molar-refractivity contribution in [1.82, 2.24) is 5.32 Å². The Kier molecular flexibility index (Phi) is 4.63. The molecule has 1 atom stereocenters. The molecule has 106 valence electrons. The van der Waals surface area contributed by atoms with Gasteiger partial charge in [-0.15, -0.1) is 0 Å². The van der Waals surface area contributed by atoms with Crippen molar-refractivity contribution in [1.29, 1.82) is 0 Å². The molecule has 0 aliphatic heterocycles. The van der Waals surface area contributed by atoms with Gasteiger partial charge in [0.1, 0.15) is 5.75 Å². The molecule has 0 amide bonds. The summed E-state index contributed by atoms with van der Waals surface area (Å²) in [5, 5.41) is 3.53. The molecule has 0 heterocycles. The van der Waals surface area contributed by atoms with E-state index in [0.717, 1.165) is 11.1 Å². The zero-order valence-electron chi connectivity index (χ0n) is 11.7. The molecule has 2 aromatic carbocycles. The molecule has 0 aromatic heterocycles. The predicted molar refractivity (Wildman–Crippen MR) is 80.1 cm³/mol. The quantitative estimate of drug-likeness (QED) is 0.869. The maximum Gasteiger partial charge on any atom is 0.166 e. The topological polar surface area (TPSA) is 21.3 Å². The van der Waals surface area contributed by atoms with Crippen LogP contribution in [0.3, 0.4) is 0 Å². The number of halogens is 2. The van der Waals surface area contributed by atoms with Gasteiger partial charge in [-0.2, -0.15) is 0 Å². The van der Waals surface area contributed by atoms with Crippen molar-refractivity contribution in [2.75, 3.05) is 7.05 Å². The van der Waals surface area contributed by atoms with Gasteiger partial charge in [-0.1, -0.05) is 23.7 Å². The maximum atomic E-state index is 14.0. The number of aryl methyl sites for hydroxylation is 1. The first-order chi connectivity index (χ1) is 9.51. The van der Waals surface area contributed by atoms with E-state index in [1.165, 1.54) is 6.07 Å². The Labute approximate surface area is 123 Å². The lowest BCUT2D eigenvalue weighted by Gasteiger charge is -2.13. The van der Waals surface area contributed by atoms with Gasteiger partial charge in [-0.05, 0) is 56.3 Å². The van der Waals surface area contributed by atoms with E-state index in [0.29, 0.717) is 10.8 Å². The van der Waals surface area contributed by atoms with Crippen LogP contribution in [0.25, 0.3) is 0 Å². The highest BCUT2D eigenvalue weighted by molar-refractivity contribution is 6.32. The fourth-order valence-electron chi connectivity index (χ4n) is 1.84. The van der Waals surface area contributed by atoms with Crippen LogP contribution in [0.1, 0.15) is 24.1 Å². The van der Waals surface area contributed by atoms with Crippen LogP contribution in [-0.4, -0.2) is 7.05 Å². The normalized spacial score (nSPS) is 12.2. The monoisotopic (exact) mass is 293 g/mol. The van der Waals surface area contributed by atoms with Crippen LogP contribution in [-0.2, 0) is 0 Å². The molecule has 1 unspecified atom stereocenters. The third-order valence-electron chi connectivity index (χ3n) is 3.20. The molecule has 2 aromatic rings. The van der Waals surface area contributed by atoms with Crippen LogP contribution in [0.4, 0.5) is 4.39 Å². The molecule has 1 N–H and O–H groups in total. The Balaban J connectivity index is 2.25. The molecule has 2 nitrogen and oxygen atoms in total. The molecule has 20 heavy (non-hydrogen) atoms. The fraction of sp³-hybridized carbons (Fsp3) is 0.250. The van der Waals surface area contributed by atoms with Crippen molar-refractivity contribution in [3.63, 3.8) is 0 Å². The molecule has 0 fully saturated rings. The third kappa shape index (κ3) is 3.30. The first kappa shape index (κ1) is 14.8. The highest BCUT2D eigenvalue weighted by Gasteiger charge is 2.11. The van der Waals surface area contributed by atoms with Crippen molar-refractivity contribution in [2.24, 2.45) is 0 Å². The average Bonchev–Trinajstić information content (AvgIpc) is 2.42. The number of nitrogens with one attached hydrogen (secondary N) is 1. The fourth-order valence-corrected chi connectivity index (χ4v) is 2.12. The average molecular weight is 294 g/mol. The Morgan fingerprint density at radius 3 is 2.45 bits per heavy atom. The first-order valence-electron chi connectivity index (χ1n) is 6.42. The van der Waals surface area contributed by atoms with Crippen molar-refractivity contribution in [3.8, 4) is 11.5 Å². The summed E-state index contributed by atoms with van der Waals surface area (Å²) in [5.74, 6) is 0.217. The van der Waals surface area contributed by atoms with Gasteiger partial charge >= 0.3 is 0 Å². The number of ether oxygens (including phenoxy) is 1. The second kappa shape index (κ2) is 6.25. The lowest BCUT2D eigenvalue weighted by molar-refractivity contribution is 0.441. The predicted octanol–water partition coefficient (Wildman–Crippen LogP) is 4.86.